The number of likely N-dealkylation sites (tertiary alicyclic amines) is 1. The Morgan fingerprint density at radius 1 is 1.29 bits per heavy atom. The number of halogens is 1. The van der Waals surface area contributed by atoms with Gasteiger partial charge in [-0.1, -0.05) is 23.7 Å². The first-order valence-electron chi connectivity index (χ1n) is 7.69. The van der Waals surface area contributed by atoms with Gasteiger partial charge >= 0.3 is 5.97 Å². The predicted octanol–water partition coefficient (Wildman–Crippen LogP) is 3.06. The maximum Gasteiger partial charge on any atom is 0.308 e. The van der Waals surface area contributed by atoms with Gasteiger partial charge in [-0.25, -0.2) is 4.98 Å². The van der Waals surface area contributed by atoms with Crippen molar-refractivity contribution in [3.63, 3.8) is 0 Å². The number of rotatable bonds is 5. The number of carboxylic acid groups (broad SMARTS) is 1. The number of aliphatic carboxylic acids is 1. The van der Waals surface area contributed by atoms with Crippen molar-refractivity contribution in [1.29, 1.82) is 0 Å². The first kappa shape index (κ1) is 16.9. The Morgan fingerprint density at radius 3 is 2.67 bits per heavy atom. The second kappa shape index (κ2) is 7.32. The van der Waals surface area contributed by atoms with Gasteiger partial charge in [0.05, 0.1) is 10.9 Å². The van der Waals surface area contributed by atoms with E-state index >= 15 is 0 Å². The van der Waals surface area contributed by atoms with Gasteiger partial charge in [-0.15, -0.1) is 11.3 Å². The third-order valence-corrected chi connectivity index (χ3v) is 5.42. The lowest BCUT2D eigenvalue weighted by atomic mass is 9.89. The van der Waals surface area contributed by atoms with Crippen molar-refractivity contribution in [3.05, 3.63) is 51.4 Å². The molecule has 1 N–H and O–H groups in total. The highest BCUT2D eigenvalue weighted by atomic mass is 35.5. The molecule has 2 heterocycles. The average Bonchev–Trinajstić information content (AvgIpc) is 3.23. The number of benzene rings is 1. The minimum absolute atomic E-state index is 0.0205. The molecule has 1 fully saturated rings. The summed E-state index contributed by atoms with van der Waals surface area (Å²) in [4.78, 5) is 29.8. The number of hydrogen-bond acceptors (Lipinski definition) is 4. The van der Waals surface area contributed by atoms with E-state index in [0.717, 1.165) is 10.6 Å². The zero-order valence-electron chi connectivity index (χ0n) is 12.9. The first-order chi connectivity index (χ1) is 11.5. The number of hydrogen-bond donors (Lipinski definition) is 1. The summed E-state index contributed by atoms with van der Waals surface area (Å²) < 4.78 is 0. The third-order valence-electron chi connectivity index (χ3n) is 4.32. The van der Waals surface area contributed by atoms with Crippen LogP contribution < -0.4 is 0 Å². The number of aromatic nitrogens is 1. The minimum Gasteiger partial charge on any atom is -0.481 e. The molecule has 1 aromatic heterocycles. The molecule has 1 aliphatic rings. The standard InChI is InChI=1S/C17H17ClN2O3S/c18-12-3-1-11(2-4-12)13-9-20(10-14(13)17(22)23)16(21)6-5-15-19-7-8-24-15/h1-4,7-8,13-14H,5-6,9-10H2,(H,22,23)/t13-,14+/m0/s1. The Morgan fingerprint density at radius 2 is 2.04 bits per heavy atom. The molecule has 1 amide bonds. The van der Waals surface area contributed by atoms with Gasteiger partial charge < -0.3 is 10.0 Å². The van der Waals surface area contributed by atoms with Crippen molar-refractivity contribution in [2.24, 2.45) is 5.92 Å². The van der Waals surface area contributed by atoms with Crippen LogP contribution in [-0.2, 0) is 16.0 Å². The molecule has 0 radical (unpaired) electrons. The van der Waals surface area contributed by atoms with Gasteiger partial charge in [-0.3, -0.25) is 9.59 Å². The van der Waals surface area contributed by atoms with Crippen LogP contribution in [0.15, 0.2) is 35.8 Å². The van der Waals surface area contributed by atoms with E-state index in [2.05, 4.69) is 4.98 Å². The van der Waals surface area contributed by atoms with Gasteiger partial charge in [0.25, 0.3) is 0 Å². The van der Waals surface area contributed by atoms with Gasteiger partial charge in [-0.2, -0.15) is 0 Å². The zero-order chi connectivity index (χ0) is 17.1. The van der Waals surface area contributed by atoms with E-state index in [-0.39, 0.29) is 18.4 Å². The monoisotopic (exact) mass is 364 g/mol. The molecule has 5 nitrogen and oxygen atoms in total. The summed E-state index contributed by atoms with van der Waals surface area (Å²) in [6.45, 7) is 0.675. The van der Waals surface area contributed by atoms with Crippen molar-refractivity contribution >= 4 is 34.8 Å². The number of thiazole rings is 1. The second-order valence-corrected chi connectivity index (χ2v) is 7.24. The van der Waals surface area contributed by atoms with Gasteiger partial charge in [0.1, 0.15) is 0 Å². The van der Waals surface area contributed by atoms with Crippen molar-refractivity contribution in [1.82, 2.24) is 9.88 Å². The lowest BCUT2D eigenvalue weighted by Gasteiger charge is -2.16. The molecule has 1 saturated heterocycles. The SMILES string of the molecule is O=C(O)[C@@H]1CN(C(=O)CCc2nccs2)C[C@H]1c1ccc(Cl)cc1. The summed E-state index contributed by atoms with van der Waals surface area (Å²) in [6.07, 6.45) is 2.67. The molecule has 3 rings (SSSR count). The predicted molar refractivity (Wildman–Crippen MR) is 92.3 cm³/mol. The quantitative estimate of drug-likeness (QED) is 0.885. The smallest absolute Gasteiger partial charge is 0.308 e. The molecule has 0 bridgehead atoms. The lowest BCUT2D eigenvalue weighted by Crippen LogP contribution is -2.30. The molecule has 0 spiro atoms. The van der Waals surface area contributed by atoms with E-state index in [4.69, 9.17) is 11.6 Å². The molecular formula is C17H17ClN2O3S. The second-order valence-electron chi connectivity index (χ2n) is 5.83. The number of nitrogens with zero attached hydrogens (tertiary/aromatic N) is 2. The fourth-order valence-electron chi connectivity index (χ4n) is 3.05. The zero-order valence-corrected chi connectivity index (χ0v) is 14.5. The van der Waals surface area contributed by atoms with Crippen LogP contribution in [-0.4, -0.2) is 40.0 Å². The fourth-order valence-corrected chi connectivity index (χ4v) is 3.80. The van der Waals surface area contributed by atoms with Crippen LogP contribution >= 0.6 is 22.9 Å². The molecule has 24 heavy (non-hydrogen) atoms. The van der Waals surface area contributed by atoms with Crippen LogP contribution in [0.2, 0.25) is 5.02 Å². The molecule has 7 heteroatoms. The van der Waals surface area contributed by atoms with Crippen LogP contribution in [0.5, 0.6) is 0 Å². The van der Waals surface area contributed by atoms with Gasteiger partial charge in [0, 0.05) is 48.4 Å². The molecule has 0 saturated carbocycles. The van der Waals surface area contributed by atoms with Crippen LogP contribution in [0, 0.1) is 5.92 Å². The van der Waals surface area contributed by atoms with Crippen molar-refractivity contribution in [2.75, 3.05) is 13.1 Å². The number of carboxylic acids is 1. The maximum atomic E-state index is 12.4. The molecular weight excluding hydrogens is 348 g/mol. The summed E-state index contributed by atoms with van der Waals surface area (Å²) in [7, 11) is 0. The summed E-state index contributed by atoms with van der Waals surface area (Å²) in [5.41, 5.74) is 0.905. The summed E-state index contributed by atoms with van der Waals surface area (Å²) >= 11 is 7.42. The van der Waals surface area contributed by atoms with Crippen molar-refractivity contribution in [3.8, 4) is 0 Å². The highest BCUT2D eigenvalue weighted by Crippen LogP contribution is 2.34. The molecule has 1 aromatic carbocycles. The fraction of sp³-hybridized carbons (Fsp3) is 0.353. The van der Waals surface area contributed by atoms with E-state index in [1.165, 1.54) is 11.3 Å². The Bertz CT molecular complexity index is 718. The average molecular weight is 365 g/mol. The van der Waals surface area contributed by atoms with E-state index in [1.54, 1.807) is 23.2 Å². The van der Waals surface area contributed by atoms with Crippen LogP contribution in [0.1, 0.15) is 22.9 Å². The summed E-state index contributed by atoms with van der Waals surface area (Å²) in [5, 5.41) is 12.9. The highest BCUT2D eigenvalue weighted by Gasteiger charge is 2.40. The molecule has 126 valence electrons. The lowest BCUT2D eigenvalue weighted by molar-refractivity contribution is -0.141. The summed E-state index contributed by atoms with van der Waals surface area (Å²) in [6, 6.07) is 7.18. The maximum absolute atomic E-state index is 12.4. The Hall–Kier alpha value is -1.92. The van der Waals surface area contributed by atoms with E-state index in [0.29, 0.717) is 24.4 Å². The molecule has 2 atom stereocenters. The van der Waals surface area contributed by atoms with Gasteiger partial charge in [0.15, 0.2) is 0 Å². The van der Waals surface area contributed by atoms with Crippen LogP contribution in [0.4, 0.5) is 0 Å². The number of carbonyl (C=O) groups is 2. The van der Waals surface area contributed by atoms with Crippen LogP contribution in [0.25, 0.3) is 0 Å². The molecule has 2 aromatic rings. The van der Waals surface area contributed by atoms with Crippen LogP contribution in [0.3, 0.4) is 0 Å². The molecule has 1 aliphatic heterocycles. The van der Waals surface area contributed by atoms with E-state index in [1.807, 2.05) is 17.5 Å². The third kappa shape index (κ3) is 3.76. The van der Waals surface area contributed by atoms with E-state index in [9.17, 15) is 14.7 Å². The number of aryl methyl sites for hydroxylation is 1. The molecule has 0 aliphatic carbocycles. The van der Waals surface area contributed by atoms with E-state index < -0.39 is 11.9 Å². The van der Waals surface area contributed by atoms with Gasteiger partial charge in [-0.05, 0) is 17.7 Å². The Balaban J connectivity index is 1.68. The highest BCUT2D eigenvalue weighted by molar-refractivity contribution is 7.09. The van der Waals surface area contributed by atoms with Gasteiger partial charge in [0.2, 0.25) is 5.91 Å². The number of amides is 1. The largest absolute Gasteiger partial charge is 0.481 e. The number of carbonyl (C=O) groups excluding carboxylic acids is 1. The Labute approximate surface area is 148 Å². The molecule has 0 unspecified atom stereocenters. The Kier molecular flexibility index (Phi) is 5.16. The van der Waals surface area contributed by atoms with Crippen molar-refractivity contribution < 1.29 is 14.7 Å². The topological polar surface area (TPSA) is 70.5 Å². The first-order valence-corrected chi connectivity index (χ1v) is 8.95. The van der Waals surface area contributed by atoms with Crippen molar-refractivity contribution in [2.45, 2.75) is 18.8 Å². The minimum atomic E-state index is -0.870. The summed E-state index contributed by atoms with van der Waals surface area (Å²) in [5.74, 6) is -1.68. The normalized spacial score (nSPS) is 20.3.